The quantitative estimate of drug-likeness (QED) is 0.367. The molecule has 0 saturated carbocycles. The Labute approximate surface area is 170 Å². The van der Waals surface area contributed by atoms with E-state index in [2.05, 4.69) is 6.07 Å². The van der Waals surface area contributed by atoms with Crippen LogP contribution in [0.1, 0.15) is 22.3 Å². The first-order valence-corrected chi connectivity index (χ1v) is 9.21. The van der Waals surface area contributed by atoms with Crippen molar-refractivity contribution in [1.82, 2.24) is 0 Å². The lowest BCUT2D eigenvalue weighted by atomic mass is 10.0. The summed E-state index contributed by atoms with van der Waals surface area (Å²) in [6.07, 6.45) is 1.79. The van der Waals surface area contributed by atoms with Crippen LogP contribution in [0.3, 0.4) is 0 Å². The summed E-state index contributed by atoms with van der Waals surface area (Å²) in [7, 11) is 1.57. The van der Waals surface area contributed by atoms with Crippen LogP contribution < -0.4 is 9.47 Å². The lowest BCUT2D eigenvalue weighted by Gasteiger charge is -2.13. The molecule has 0 spiro atoms. The van der Waals surface area contributed by atoms with Gasteiger partial charge in [0.2, 0.25) is 0 Å². The fraction of sp³-hybridized carbons (Fsp3) is 0.125. The molecule has 3 rings (SSSR count). The number of nitrogens with zero attached hydrogens (tertiary/aromatic N) is 1. The van der Waals surface area contributed by atoms with Crippen molar-refractivity contribution in [2.45, 2.75) is 13.5 Å². The summed E-state index contributed by atoms with van der Waals surface area (Å²) in [5.74, 6) is 1.01. The van der Waals surface area contributed by atoms with Crippen molar-refractivity contribution < 1.29 is 9.47 Å². The van der Waals surface area contributed by atoms with Crippen molar-refractivity contribution in [2.24, 2.45) is 0 Å². The standard InChI is InChI=1S/C24H20ClNO2/c1-17-8-10-20(11-9-17)21(15-26)12-19-13-22(25)24(23(14-19)27-2)28-16-18-6-4-3-5-7-18/h3-14H,16H2,1-2H3/b21-12-. The predicted molar refractivity (Wildman–Crippen MR) is 113 cm³/mol. The van der Waals surface area contributed by atoms with Gasteiger partial charge >= 0.3 is 0 Å². The Hall–Kier alpha value is -3.22. The maximum Gasteiger partial charge on any atom is 0.180 e. The van der Waals surface area contributed by atoms with Crippen LogP contribution in [0.25, 0.3) is 11.6 Å². The largest absolute Gasteiger partial charge is 0.493 e. The molecule has 0 unspecified atom stereocenters. The van der Waals surface area contributed by atoms with E-state index in [1.54, 1.807) is 19.3 Å². The molecular weight excluding hydrogens is 370 g/mol. The Kier molecular flexibility index (Phi) is 6.37. The van der Waals surface area contributed by atoms with Gasteiger partial charge in [-0.25, -0.2) is 0 Å². The van der Waals surface area contributed by atoms with E-state index in [0.717, 1.165) is 22.3 Å². The van der Waals surface area contributed by atoms with Crippen LogP contribution in [0.4, 0.5) is 0 Å². The first-order chi connectivity index (χ1) is 13.6. The van der Waals surface area contributed by atoms with Gasteiger partial charge in [0.15, 0.2) is 11.5 Å². The van der Waals surface area contributed by atoms with Gasteiger partial charge in [0.1, 0.15) is 6.61 Å². The second kappa shape index (κ2) is 9.12. The van der Waals surface area contributed by atoms with Crippen molar-refractivity contribution >= 4 is 23.3 Å². The Morgan fingerprint density at radius 2 is 1.79 bits per heavy atom. The van der Waals surface area contributed by atoms with Crippen molar-refractivity contribution in [2.75, 3.05) is 7.11 Å². The molecule has 0 amide bonds. The lowest BCUT2D eigenvalue weighted by molar-refractivity contribution is 0.284. The summed E-state index contributed by atoms with van der Waals surface area (Å²) in [4.78, 5) is 0. The minimum Gasteiger partial charge on any atom is -0.493 e. The van der Waals surface area contributed by atoms with E-state index in [0.29, 0.717) is 28.7 Å². The summed E-state index contributed by atoms with van der Waals surface area (Å²) in [5.41, 5.74) is 4.36. The first kappa shape index (κ1) is 19.5. The van der Waals surface area contributed by atoms with Crippen molar-refractivity contribution in [3.8, 4) is 17.6 Å². The molecule has 0 aliphatic rings. The highest BCUT2D eigenvalue weighted by atomic mass is 35.5. The molecule has 3 aromatic carbocycles. The Balaban J connectivity index is 1.89. The second-order valence-electron chi connectivity index (χ2n) is 6.34. The Morgan fingerprint density at radius 1 is 1.07 bits per heavy atom. The average Bonchev–Trinajstić information content (AvgIpc) is 2.72. The summed E-state index contributed by atoms with van der Waals surface area (Å²) >= 11 is 6.46. The Bertz CT molecular complexity index is 1020. The number of hydrogen-bond acceptors (Lipinski definition) is 3. The van der Waals surface area contributed by atoms with Crippen LogP contribution in [-0.2, 0) is 6.61 Å². The molecule has 0 fully saturated rings. The van der Waals surface area contributed by atoms with E-state index in [9.17, 15) is 5.26 Å². The van der Waals surface area contributed by atoms with E-state index in [1.165, 1.54) is 0 Å². The summed E-state index contributed by atoms with van der Waals surface area (Å²) in [5, 5.41) is 10.00. The van der Waals surface area contributed by atoms with Crippen molar-refractivity contribution in [3.63, 3.8) is 0 Å². The predicted octanol–water partition coefficient (Wildman–Crippen LogP) is 6.30. The van der Waals surface area contributed by atoms with Gasteiger partial charge in [-0.15, -0.1) is 0 Å². The highest BCUT2D eigenvalue weighted by molar-refractivity contribution is 6.32. The summed E-state index contributed by atoms with van der Waals surface area (Å²) < 4.78 is 11.4. The van der Waals surface area contributed by atoms with Gasteiger partial charge in [0, 0.05) is 0 Å². The SMILES string of the molecule is COc1cc(/C=C(/C#N)c2ccc(C)cc2)cc(Cl)c1OCc1ccccc1. The fourth-order valence-corrected chi connectivity index (χ4v) is 3.05. The molecular formula is C24H20ClNO2. The van der Waals surface area contributed by atoms with Crippen LogP contribution in [-0.4, -0.2) is 7.11 Å². The van der Waals surface area contributed by atoms with Gasteiger partial charge in [-0.2, -0.15) is 5.26 Å². The van der Waals surface area contributed by atoms with E-state index in [-0.39, 0.29) is 0 Å². The summed E-state index contributed by atoms with van der Waals surface area (Å²) in [6, 6.07) is 23.5. The third-order valence-corrected chi connectivity index (χ3v) is 4.55. The third kappa shape index (κ3) is 4.73. The van der Waals surface area contributed by atoms with Crippen LogP contribution >= 0.6 is 11.6 Å². The molecule has 0 saturated heterocycles. The number of halogens is 1. The zero-order chi connectivity index (χ0) is 19.9. The molecule has 0 heterocycles. The molecule has 4 heteroatoms. The lowest BCUT2D eigenvalue weighted by Crippen LogP contribution is -1.99. The first-order valence-electron chi connectivity index (χ1n) is 8.84. The molecule has 0 aromatic heterocycles. The molecule has 3 nitrogen and oxygen atoms in total. The summed E-state index contributed by atoms with van der Waals surface area (Å²) in [6.45, 7) is 2.40. The van der Waals surface area contributed by atoms with Gasteiger partial charge in [-0.05, 0) is 41.8 Å². The van der Waals surface area contributed by atoms with Gasteiger partial charge in [-0.1, -0.05) is 71.8 Å². The van der Waals surface area contributed by atoms with Crippen molar-refractivity contribution in [1.29, 1.82) is 5.26 Å². The second-order valence-corrected chi connectivity index (χ2v) is 6.75. The molecule has 140 valence electrons. The van der Waals surface area contributed by atoms with Crippen molar-refractivity contribution in [3.05, 3.63) is 94.0 Å². The van der Waals surface area contributed by atoms with E-state index in [1.807, 2.05) is 67.6 Å². The van der Waals surface area contributed by atoms with Crippen LogP contribution in [0.5, 0.6) is 11.5 Å². The Morgan fingerprint density at radius 3 is 2.43 bits per heavy atom. The van der Waals surface area contributed by atoms with E-state index in [4.69, 9.17) is 21.1 Å². The van der Waals surface area contributed by atoms with Gasteiger partial charge in [-0.3, -0.25) is 0 Å². The molecule has 0 atom stereocenters. The number of hydrogen-bond donors (Lipinski definition) is 0. The minimum atomic E-state index is 0.388. The van der Waals surface area contributed by atoms with Crippen LogP contribution in [0, 0.1) is 18.3 Å². The molecule has 28 heavy (non-hydrogen) atoms. The van der Waals surface area contributed by atoms with Gasteiger partial charge in [0.05, 0.1) is 23.8 Å². The number of methoxy groups -OCH3 is 1. The topological polar surface area (TPSA) is 42.2 Å². The molecule has 0 aliphatic carbocycles. The zero-order valence-corrected chi connectivity index (χ0v) is 16.5. The van der Waals surface area contributed by atoms with Crippen LogP contribution in [0.2, 0.25) is 5.02 Å². The molecule has 0 radical (unpaired) electrons. The van der Waals surface area contributed by atoms with Gasteiger partial charge < -0.3 is 9.47 Å². The smallest absolute Gasteiger partial charge is 0.180 e. The highest BCUT2D eigenvalue weighted by Gasteiger charge is 2.12. The molecule has 3 aromatic rings. The number of aryl methyl sites for hydroxylation is 1. The molecule has 0 bridgehead atoms. The maximum atomic E-state index is 9.56. The number of rotatable bonds is 6. The average molecular weight is 390 g/mol. The van der Waals surface area contributed by atoms with E-state index < -0.39 is 0 Å². The third-order valence-electron chi connectivity index (χ3n) is 4.27. The molecule has 0 aliphatic heterocycles. The fourth-order valence-electron chi connectivity index (χ4n) is 2.77. The number of allylic oxidation sites excluding steroid dienone is 1. The number of benzene rings is 3. The normalized spacial score (nSPS) is 11.0. The maximum absolute atomic E-state index is 9.56. The monoisotopic (exact) mass is 389 g/mol. The van der Waals surface area contributed by atoms with Crippen LogP contribution in [0.15, 0.2) is 66.7 Å². The minimum absolute atomic E-state index is 0.388. The highest BCUT2D eigenvalue weighted by Crippen LogP contribution is 2.38. The zero-order valence-electron chi connectivity index (χ0n) is 15.8. The molecule has 0 N–H and O–H groups in total. The van der Waals surface area contributed by atoms with E-state index >= 15 is 0 Å². The van der Waals surface area contributed by atoms with Gasteiger partial charge in [0.25, 0.3) is 0 Å². The number of nitriles is 1. The number of ether oxygens (including phenoxy) is 2.